The molecule has 0 aliphatic rings. The molecule has 3 rings (SSSR count). The molecule has 0 fully saturated rings. The van der Waals surface area contributed by atoms with E-state index < -0.39 is 0 Å². The molecule has 0 spiro atoms. The van der Waals surface area contributed by atoms with Crippen LogP contribution >= 0.6 is 23.2 Å². The van der Waals surface area contributed by atoms with E-state index in [4.69, 9.17) is 42.1 Å². The molecule has 0 aliphatic heterocycles. The smallest absolute Gasteiger partial charge is 0.161 e. The average molecular weight is 484 g/mol. The zero-order valence-electron chi connectivity index (χ0n) is 18.5. The molecule has 0 bridgehead atoms. The van der Waals surface area contributed by atoms with Crippen LogP contribution in [0.1, 0.15) is 23.6 Å². The average Bonchev–Trinajstić information content (AvgIpc) is 2.82. The van der Waals surface area contributed by atoms with Crippen LogP contribution in [0.2, 0.25) is 10.0 Å². The zero-order chi connectivity index (χ0) is 23.8. The molecule has 0 unspecified atom stereocenters. The molecule has 3 aromatic rings. The van der Waals surface area contributed by atoms with Gasteiger partial charge in [0.2, 0.25) is 0 Å². The van der Waals surface area contributed by atoms with Crippen LogP contribution in [-0.4, -0.2) is 20.8 Å². The molecule has 3 aromatic carbocycles. The summed E-state index contributed by atoms with van der Waals surface area (Å²) in [4.78, 5) is 0. The van der Waals surface area contributed by atoms with E-state index in [0.717, 1.165) is 11.1 Å². The molecule has 5 nitrogen and oxygen atoms in total. The Morgan fingerprint density at radius 2 is 1.64 bits per heavy atom. The van der Waals surface area contributed by atoms with Gasteiger partial charge >= 0.3 is 0 Å². The Morgan fingerprint density at radius 3 is 2.30 bits per heavy atom. The number of benzene rings is 3. The normalized spacial score (nSPS) is 11.0. The van der Waals surface area contributed by atoms with Crippen LogP contribution in [0, 0.1) is 11.3 Å². The van der Waals surface area contributed by atoms with Crippen molar-refractivity contribution in [1.82, 2.24) is 0 Å². The van der Waals surface area contributed by atoms with Gasteiger partial charge in [-0.05, 0) is 66.6 Å². The topological polar surface area (TPSA) is 60.7 Å². The lowest BCUT2D eigenvalue weighted by Gasteiger charge is -2.14. The number of rotatable bonds is 9. The minimum atomic E-state index is 0.264. The van der Waals surface area contributed by atoms with Gasteiger partial charge in [-0.25, -0.2) is 0 Å². The minimum absolute atomic E-state index is 0.264. The van der Waals surface area contributed by atoms with Crippen LogP contribution in [-0.2, 0) is 6.61 Å². The fourth-order valence-corrected chi connectivity index (χ4v) is 3.61. The molecule has 33 heavy (non-hydrogen) atoms. The first-order chi connectivity index (χ1) is 16.0. The van der Waals surface area contributed by atoms with Crippen molar-refractivity contribution in [2.45, 2.75) is 13.5 Å². The van der Waals surface area contributed by atoms with Crippen molar-refractivity contribution in [1.29, 1.82) is 5.26 Å². The Labute approximate surface area is 203 Å². The highest BCUT2D eigenvalue weighted by molar-refractivity contribution is 6.35. The first-order valence-electron chi connectivity index (χ1n) is 10.2. The van der Waals surface area contributed by atoms with Gasteiger partial charge in [0.25, 0.3) is 0 Å². The molecule has 0 aromatic heterocycles. The van der Waals surface area contributed by atoms with Gasteiger partial charge in [0.15, 0.2) is 23.0 Å². The number of halogens is 2. The predicted octanol–water partition coefficient (Wildman–Crippen LogP) is 7.05. The van der Waals surface area contributed by atoms with E-state index >= 15 is 0 Å². The number of ether oxygens (including phenoxy) is 4. The number of hydrogen-bond acceptors (Lipinski definition) is 5. The lowest BCUT2D eigenvalue weighted by atomic mass is 10.0. The quantitative estimate of drug-likeness (QED) is 0.241. The standard InChI is InChI=1S/C26H23Cl2NO4/c1-4-32-26-12-17(5-9-24(26)33-16-19-6-8-21(27)14-22(19)28)11-20(15-29)18-7-10-23(30-2)25(13-18)31-3/h5-14H,4,16H2,1-3H3/b20-11+. The van der Waals surface area contributed by atoms with Gasteiger partial charge in [0.1, 0.15) is 6.61 Å². The monoisotopic (exact) mass is 483 g/mol. The van der Waals surface area contributed by atoms with E-state index in [9.17, 15) is 5.26 Å². The van der Waals surface area contributed by atoms with Crippen molar-refractivity contribution in [2.75, 3.05) is 20.8 Å². The van der Waals surface area contributed by atoms with Gasteiger partial charge in [-0.3, -0.25) is 0 Å². The lowest BCUT2D eigenvalue weighted by molar-refractivity contribution is 0.269. The summed E-state index contributed by atoms with van der Waals surface area (Å²) in [6.45, 7) is 2.62. The Balaban J connectivity index is 1.88. The van der Waals surface area contributed by atoms with Crippen LogP contribution < -0.4 is 18.9 Å². The third-order valence-electron chi connectivity index (χ3n) is 4.79. The molecule has 0 amide bonds. The van der Waals surface area contributed by atoms with Crippen LogP contribution in [0.5, 0.6) is 23.0 Å². The third kappa shape index (κ3) is 6.13. The summed E-state index contributed by atoms with van der Waals surface area (Å²) in [7, 11) is 3.13. The Kier molecular flexibility index (Phi) is 8.48. The van der Waals surface area contributed by atoms with Crippen molar-refractivity contribution in [3.8, 4) is 29.1 Å². The number of nitriles is 1. The van der Waals surface area contributed by atoms with E-state index in [2.05, 4.69) is 6.07 Å². The van der Waals surface area contributed by atoms with E-state index in [0.29, 0.717) is 50.8 Å². The summed E-state index contributed by atoms with van der Waals surface area (Å²) in [6.07, 6.45) is 1.78. The summed E-state index contributed by atoms with van der Waals surface area (Å²) in [5.41, 5.74) is 2.79. The van der Waals surface area contributed by atoms with E-state index in [1.54, 1.807) is 44.6 Å². The van der Waals surface area contributed by atoms with Crippen molar-refractivity contribution < 1.29 is 18.9 Å². The largest absolute Gasteiger partial charge is 0.493 e. The highest BCUT2D eigenvalue weighted by Crippen LogP contribution is 2.34. The summed E-state index contributed by atoms with van der Waals surface area (Å²) in [5.74, 6) is 2.29. The molecule has 0 atom stereocenters. The van der Waals surface area contributed by atoms with Crippen molar-refractivity contribution >= 4 is 34.9 Å². The summed E-state index contributed by atoms with van der Waals surface area (Å²) < 4.78 is 22.4. The number of nitrogens with zero attached hydrogens (tertiary/aromatic N) is 1. The zero-order valence-corrected chi connectivity index (χ0v) is 20.0. The summed E-state index contributed by atoms with van der Waals surface area (Å²) in [5, 5.41) is 10.8. The molecule has 0 heterocycles. The molecular formula is C26H23Cl2NO4. The lowest BCUT2D eigenvalue weighted by Crippen LogP contribution is -2.00. The fourth-order valence-electron chi connectivity index (χ4n) is 3.15. The second-order valence-electron chi connectivity index (χ2n) is 6.90. The van der Waals surface area contributed by atoms with Crippen LogP contribution in [0.25, 0.3) is 11.6 Å². The maximum atomic E-state index is 9.75. The second-order valence-corrected chi connectivity index (χ2v) is 7.75. The Morgan fingerprint density at radius 1 is 0.879 bits per heavy atom. The van der Waals surface area contributed by atoms with E-state index in [1.807, 2.05) is 37.3 Å². The van der Waals surface area contributed by atoms with Gasteiger partial charge < -0.3 is 18.9 Å². The first kappa shape index (κ1) is 24.3. The SMILES string of the molecule is CCOc1cc(/C=C(\C#N)c2ccc(OC)c(OC)c2)ccc1OCc1ccc(Cl)cc1Cl. The number of methoxy groups -OCH3 is 2. The Bertz CT molecular complexity index is 1200. The van der Waals surface area contributed by atoms with Crippen LogP contribution in [0.3, 0.4) is 0 Å². The van der Waals surface area contributed by atoms with Crippen LogP contribution in [0.4, 0.5) is 0 Å². The maximum absolute atomic E-state index is 9.75. The molecule has 0 N–H and O–H groups in total. The summed E-state index contributed by atoms with van der Waals surface area (Å²) >= 11 is 12.2. The second kappa shape index (κ2) is 11.5. The van der Waals surface area contributed by atoms with Crippen molar-refractivity contribution in [3.05, 3.63) is 81.3 Å². The molecule has 170 valence electrons. The van der Waals surface area contributed by atoms with E-state index in [-0.39, 0.29) is 6.61 Å². The highest BCUT2D eigenvalue weighted by Gasteiger charge is 2.11. The predicted molar refractivity (Wildman–Crippen MR) is 131 cm³/mol. The molecule has 0 saturated heterocycles. The van der Waals surface area contributed by atoms with Crippen molar-refractivity contribution in [3.63, 3.8) is 0 Å². The molecule has 7 heteroatoms. The number of allylic oxidation sites excluding steroid dienone is 1. The summed E-state index contributed by atoms with van der Waals surface area (Å²) in [6, 6.07) is 18.4. The van der Waals surface area contributed by atoms with Gasteiger partial charge in [-0.15, -0.1) is 0 Å². The Hall–Kier alpha value is -3.33. The van der Waals surface area contributed by atoms with E-state index in [1.165, 1.54) is 0 Å². The molecule has 0 radical (unpaired) electrons. The minimum Gasteiger partial charge on any atom is -0.493 e. The first-order valence-corrected chi connectivity index (χ1v) is 10.9. The fraction of sp³-hybridized carbons (Fsp3) is 0.192. The van der Waals surface area contributed by atoms with Gasteiger partial charge in [0.05, 0.1) is 32.5 Å². The molecular weight excluding hydrogens is 461 g/mol. The molecule has 0 saturated carbocycles. The number of hydrogen-bond donors (Lipinski definition) is 0. The van der Waals surface area contributed by atoms with Crippen molar-refractivity contribution in [2.24, 2.45) is 0 Å². The van der Waals surface area contributed by atoms with Gasteiger partial charge in [-0.2, -0.15) is 5.26 Å². The maximum Gasteiger partial charge on any atom is 0.161 e. The van der Waals surface area contributed by atoms with Gasteiger partial charge in [0, 0.05) is 15.6 Å². The highest BCUT2D eigenvalue weighted by atomic mass is 35.5. The third-order valence-corrected chi connectivity index (χ3v) is 5.38. The molecule has 0 aliphatic carbocycles. The van der Waals surface area contributed by atoms with Crippen LogP contribution in [0.15, 0.2) is 54.6 Å². The van der Waals surface area contributed by atoms with Gasteiger partial charge in [-0.1, -0.05) is 35.3 Å².